The second-order valence-electron chi connectivity index (χ2n) is 5.18. The van der Waals surface area contributed by atoms with Gasteiger partial charge in [-0.3, -0.25) is 0 Å². The fourth-order valence-electron chi connectivity index (χ4n) is 1.86. The Morgan fingerprint density at radius 2 is 2.00 bits per heavy atom. The normalized spacial score (nSPS) is 34.9. The molecule has 0 amide bonds. The summed E-state index contributed by atoms with van der Waals surface area (Å²) in [6, 6.07) is 0. The van der Waals surface area contributed by atoms with Gasteiger partial charge in [-0.25, -0.2) is 0 Å². The highest BCUT2D eigenvalue weighted by Gasteiger charge is 2.42. The smallest absolute Gasteiger partial charge is 0.0919 e. The fourth-order valence-corrected chi connectivity index (χ4v) is 1.86. The lowest BCUT2D eigenvalue weighted by Crippen LogP contribution is -2.44. The van der Waals surface area contributed by atoms with Crippen molar-refractivity contribution in [3.63, 3.8) is 0 Å². The van der Waals surface area contributed by atoms with Crippen LogP contribution in [0, 0.1) is 5.41 Å². The molecular weight excluding hydrogens is 184 g/mol. The van der Waals surface area contributed by atoms with Crippen LogP contribution in [0.15, 0.2) is 35.5 Å². The maximum absolute atomic E-state index is 10.5. The Kier molecular flexibility index (Phi) is 3.25. The second kappa shape index (κ2) is 3.97. The monoisotopic (exact) mass is 206 g/mol. The first-order valence-electron chi connectivity index (χ1n) is 5.52. The molecule has 1 nitrogen and oxygen atoms in total. The lowest BCUT2D eigenvalue weighted by atomic mass is 9.66. The molecule has 0 aromatic rings. The molecule has 1 N–H and O–H groups in total. The summed E-state index contributed by atoms with van der Waals surface area (Å²) < 4.78 is 0. The van der Waals surface area contributed by atoms with E-state index in [4.69, 9.17) is 0 Å². The van der Waals surface area contributed by atoms with Gasteiger partial charge in [0.1, 0.15) is 0 Å². The first-order chi connectivity index (χ1) is 6.79. The minimum atomic E-state index is -0.742. The zero-order valence-corrected chi connectivity index (χ0v) is 10.5. The van der Waals surface area contributed by atoms with Gasteiger partial charge in [0.2, 0.25) is 0 Å². The predicted molar refractivity (Wildman–Crippen MR) is 65.7 cm³/mol. The molecule has 0 saturated carbocycles. The summed E-state index contributed by atoms with van der Waals surface area (Å²) in [5.74, 6) is 0. The van der Waals surface area contributed by atoms with Gasteiger partial charge in [-0.2, -0.15) is 0 Å². The minimum absolute atomic E-state index is 0.191. The van der Waals surface area contributed by atoms with Gasteiger partial charge in [0.15, 0.2) is 0 Å². The van der Waals surface area contributed by atoms with Crippen molar-refractivity contribution in [1.29, 1.82) is 0 Å². The average Bonchev–Trinajstić information content (AvgIpc) is 2.12. The number of allylic oxidation sites excluding steroid dienone is 4. The summed E-state index contributed by atoms with van der Waals surface area (Å²) in [6.07, 6.45) is 9.22. The van der Waals surface area contributed by atoms with Gasteiger partial charge in [0, 0.05) is 5.41 Å². The molecule has 0 saturated heterocycles. The second-order valence-corrected chi connectivity index (χ2v) is 5.18. The summed E-state index contributed by atoms with van der Waals surface area (Å²) in [4.78, 5) is 0. The first-order valence-corrected chi connectivity index (χ1v) is 5.52. The molecule has 15 heavy (non-hydrogen) atoms. The zero-order chi connectivity index (χ0) is 11.7. The van der Waals surface area contributed by atoms with E-state index >= 15 is 0 Å². The Morgan fingerprint density at radius 1 is 1.40 bits per heavy atom. The van der Waals surface area contributed by atoms with Gasteiger partial charge in [0.05, 0.1) is 5.60 Å². The van der Waals surface area contributed by atoms with Crippen LogP contribution < -0.4 is 0 Å². The van der Waals surface area contributed by atoms with Crippen molar-refractivity contribution in [1.82, 2.24) is 0 Å². The van der Waals surface area contributed by atoms with Crippen LogP contribution in [0.4, 0.5) is 0 Å². The Bertz CT molecular complexity index is 327. The topological polar surface area (TPSA) is 20.2 Å². The molecule has 1 aliphatic rings. The SMILES string of the molecule is CC(C)=CCC1(C)C=CC=C(C)C1(C)O. The third kappa shape index (κ3) is 2.23. The van der Waals surface area contributed by atoms with Crippen LogP contribution in [-0.4, -0.2) is 10.7 Å². The Labute approximate surface area is 93.2 Å². The molecule has 0 fully saturated rings. The largest absolute Gasteiger partial charge is 0.385 e. The third-order valence-electron chi connectivity index (χ3n) is 3.62. The van der Waals surface area contributed by atoms with Crippen molar-refractivity contribution in [3.05, 3.63) is 35.5 Å². The molecule has 2 unspecified atom stereocenters. The lowest BCUT2D eigenvalue weighted by Gasteiger charge is -2.43. The molecule has 2 atom stereocenters. The molecule has 84 valence electrons. The summed E-state index contributed by atoms with van der Waals surface area (Å²) in [5.41, 5.74) is 1.40. The molecule has 0 bridgehead atoms. The summed E-state index contributed by atoms with van der Waals surface area (Å²) >= 11 is 0. The maximum atomic E-state index is 10.5. The van der Waals surface area contributed by atoms with Crippen LogP contribution >= 0.6 is 0 Å². The minimum Gasteiger partial charge on any atom is -0.385 e. The molecule has 0 aliphatic heterocycles. The Morgan fingerprint density at radius 3 is 2.53 bits per heavy atom. The fraction of sp³-hybridized carbons (Fsp3) is 0.571. The van der Waals surface area contributed by atoms with Crippen LogP contribution in [-0.2, 0) is 0 Å². The van der Waals surface area contributed by atoms with E-state index in [0.29, 0.717) is 0 Å². The standard InChI is InChI=1S/C14H22O/c1-11(2)8-10-13(4)9-6-7-12(3)14(13,5)15/h6-9,15H,10H2,1-5H3. The van der Waals surface area contributed by atoms with Gasteiger partial charge >= 0.3 is 0 Å². The van der Waals surface area contributed by atoms with Crippen molar-refractivity contribution in [2.24, 2.45) is 5.41 Å². The molecule has 1 heteroatoms. The van der Waals surface area contributed by atoms with Crippen molar-refractivity contribution in [2.45, 2.75) is 46.6 Å². The van der Waals surface area contributed by atoms with E-state index < -0.39 is 5.60 Å². The first kappa shape index (κ1) is 12.3. The van der Waals surface area contributed by atoms with Crippen molar-refractivity contribution in [2.75, 3.05) is 0 Å². The highest BCUT2D eigenvalue weighted by atomic mass is 16.3. The van der Waals surface area contributed by atoms with E-state index in [9.17, 15) is 5.11 Å². The van der Waals surface area contributed by atoms with E-state index in [1.54, 1.807) is 0 Å². The molecule has 0 aromatic carbocycles. The van der Waals surface area contributed by atoms with Gasteiger partial charge in [-0.05, 0) is 39.7 Å². The summed E-state index contributed by atoms with van der Waals surface area (Å²) in [5, 5.41) is 10.5. The average molecular weight is 206 g/mol. The quantitative estimate of drug-likeness (QED) is 0.684. The van der Waals surface area contributed by atoms with Crippen molar-refractivity contribution < 1.29 is 5.11 Å². The maximum Gasteiger partial charge on any atom is 0.0919 e. The molecule has 1 aliphatic carbocycles. The zero-order valence-electron chi connectivity index (χ0n) is 10.5. The van der Waals surface area contributed by atoms with Crippen LogP contribution in [0.2, 0.25) is 0 Å². The van der Waals surface area contributed by atoms with Crippen LogP contribution in [0.5, 0.6) is 0 Å². The van der Waals surface area contributed by atoms with Crippen LogP contribution in [0.3, 0.4) is 0 Å². The van der Waals surface area contributed by atoms with E-state index in [1.165, 1.54) is 5.57 Å². The molecular formula is C14H22O. The van der Waals surface area contributed by atoms with Crippen molar-refractivity contribution >= 4 is 0 Å². The molecule has 0 radical (unpaired) electrons. The van der Waals surface area contributed by atoms with Crippen LogP contribution in [0.25, 0.3) is 0 Å². The molecule has 0 aromatic heterocycles. The number of hydrogen-bond donors (Lipinski definition) is 1. The molecule has 0 spiro atoms. The van der Waals surface area contributed by atoms with Gasteiger partial charge in [-0.1, -0.05) is 36.8 Å². The Hall–Kier alpha value is -0.820. The highest BCUT2D eigenvalue weighted by molar-refractivity contribution is 5.32. The van der Waals surface area contributed by atoms with Gasteiger partial charge in [0.25, 0.3) is 0 Å². The van der Waals surface area contributed by atoms with Gasteiger partial charge < -0.3 is 5.11 Å². The van der Waals surface area contributed by atoms with Gasteiger partial charge in [-0.15, -0.1) is 0 Å². The van der Waals surface area contributed by atoms with E-state index in [-0.39, 0.29) is 5.41 Å². The summed E-state index contributed by atoms with van der Waals surface area (Å²) in [6.45, 7) is 10.2. The lowest BCUT2D eigenvalue weighted by molar-refractivity contribution is -0.000971. The summed E-state index contributed by atoms with van der Waals surface area (Å²) in [7, 11) is 0. The van der Waals surface area contributed by atoms with E-state index in [1.807, 2.05) is 26.0 Å². The van der Waals surface area contributed by atoms with Crippen molar-refractivity contribution in [3.8, 4) is 0 Å². The number of aliphatic hydroxyl groups is 1. The Balaban J connectivity index is 2.99. The highest BCUT2D eigenvalue weighted by Crippen LogP contribution is 2.43. The molecule has 0 heterocycles. The van der Waals surface area contributed by atoms with E-state index in [2.05, 4.69) is 32.9 Å². The molecule has 1 rings (SSSR count). The van der Waals surface area contributed by atoms with E-state index in [0.717, 1.165) is 12.0 Å². The number of rotatable bonds is 2. The number of hydrogen-bond acceptors (Lipinski definition) is 1. The third-order valence-corrected chi connectivity index (χ3v) is 3.62. The van der Waals surface area contributed by atoms with Crippen LogP contribution in [0.1, 0.15) is 41.0 Å². The predicted octanol–water partition coefficient (Wildman–Crippen LogP) is 3.62.